The maximum Gasteiger partial charge on any atom is 0.335 e. The number of anilines is 1. The van der Waals surface area contributed by atoms with Gasteiger partial charge in [-0.05, 0) is 42.4 Å². The maximum atomic E-state index is 11.8. The SMILES string of the molecule is Cc1cc(N2CC(CS)CC2=O)ccc1C(=O)O. The van der Waals surface area contributed by atoms with E-state index in [9.17, 15) is 9.59 Å². The van der Waals surface area contributed by atoms with E-state index in [4.69, 9.17) is 5.11 Å². The molecule has 1 aliphatic heterocycles. The Morgan fingerprint density at radius 2 is 2.28 bits per heavy atom. The van der Waals surface area contributed by atoms with Crippen molar-refractivity contribution in [1.29, 1.82) is 0 Å². The third kappa shape index (κ3) is 2.36. The fourth-order valence-corrected chi connectivity index (χ4v) is 2.45. The third-order valence-electron chi connectivity index (χ3n) is 3.22. The number of hydrogen-bond donors (Lipinski definition) is 2. The molecule has 0 aliphatic carbocycles. The second-order valence-corrected chi connectivity index (χ2v) is 4.93. The summed E-state index contributed by atoms with van der Waals surface area (Å²) in [6.45, 7) is 2.40. The minimum absolute atomic E-state index is 0.0801. The van der Waals surface area contributed by atoms with Gasteiger partial charge in [0, 0.05) is 18.7 Å². The summed E-state index contributed by atoms with van der Waals surface area (Å²) >= 11 is 4.22. The molecule has 1 aliphatic rings. The molecule has 1 amide bonds. The number of carbonyl (C=O) groups is 2. The van der Waals surface area contributed by atoms with Crippen molar-refractivity contribution in [2.45, 2.75) is 13.3 Å². The summed E-state index contributed by atoms with van der Waals surface area (Å²) in [4.78, 5) is 24.5. The van der Waals surface area contributed by atoms with Crippen molar-refractivity contribution in [3.63, 3.8) is 0 Å². The van der Waals surface area contributed by atoms with Crippen LogP contribution in [0.2, 0.25) is 0 Å². The first-order valence-corrected chi connectivity index (χ1v) is 6.41. The predicted octanol–water partition coefficient (Wildman–Crippen LogP) is 1.98. The standard InChI is InChI=1S/C13H15NO3S/c1-8-4-10(2-3-11(8)13(16)17)14-6-9(7-18)5-12(14)15/h2-4,9,18H,5-7H2,1H3,(H,16,17). The van der Waals surface area contributed by atoms with Gasteiger partial charge in [0.2, 0.25) is 5.91 Å². The van der Waals surface area contributed by atoms with Gasteiger partial charge >= 0.3 is 5.97 Å². The molecule has 1 heterocycles. The number of carboxylic acid groups (broad SMARTS) is 1. The molecule has 1 fully saturated rings. The van der Waals surface area contributed by atoms with E-state index in [1.165, 1.54) is 0 Å². The molecular formula is C13H15NO3S. The molecule has 0 aromatic heterocycles. The number of rotatable bonds is 3. The number of thiol groups is 1. The van der Waals surface area contributed by atoms with Crippen LogP contribution in [0.4, 0.5) is 5.69 Å². The molecule has 1 saturated heterocycles. The van der Waals surface area contributed by atoms with Gasteiger partial charge in [0.15, 0.2) is 0 Å². The van der Waals surface area contributed by atoms with Gasteiger partial charge in [-0.25, -0.2) is 4.79 Å². The van der Waals surface area contributed by atoms with Crippen molar-refractivity contribution in [3.8, 4) is 0 Å². The quantitative estimate of drug-likeness (QED) is 0.822. The molecule has 1 aromatic rings. The Labute approximate surface area is 111 Å². The topological polar surface area (TPSA) is 57.6 Å². The molecular weight excluding hydrogens is 250 g/mol. The molecule has 1 atom stereocenters. The number of aromatic carboxylic acids is 1. The molecule has 0 bridgehead atoms. The van der Waals surface area contributed by atoms with Crippen molar-refractivity contribution in [2.75, 3.05) is 17.2 Å². The van der Waals surface area contributed by atoms with E-state index in [2.05, 4.69) is 12.6 Å². The number of hydrogen-bond acceptors (Lipinski definition) is 3. The Morgan fingerprint density at radius 1 is 1.56 bits per heavy atom. The monoisotopic (exact) mass is 265 g/mol. The van der Waals surface area contributed by atoms with Gasteiger partial charge in [-0.3, -0.25) is 4.79 Å². The molecule has 0 saturated carbocycles. The highest BCUT2D eigenvalue weighted by atomic mass is 32.1. The number of carbonyl (C=O) groups excluding carboxylic acids is 1. The minimum Gasteiger partial charge on any atom is -0.478 e. The summed E-state index contributed by atoms with van der Waals surface area (Å²) in [6, 6.07) is 4.99. The zero-order chi connectivity index (χ0) is 13.3. The second kappa shape index (κ2) is 5.02. The maximum absolute atomic E-state index is 11.8. The molecule has 0 spiro atoms. The summed E-state index contributed by atoms with van der Waals surface area (Å²) in [7, 11) is 0. The molecule has 18 heavy (non-hydrogen) atoms. The first-order valence-electron chi connectivity index (χ1n) is 5.78. The smallest absolute Gasteiger partial charge is 0.335 e. The van der Waals surface area contributed by atoms with Crippen LogP contribution >= 0.6 is 12.6 Å². The number of nitrogens with zero attached hydrogens (tertiary/aromatic N) is 1. The lowest BCUT2D eigenvalue weighted by atomic mass is 10.1. The van der Waals surface area contributed by atoms with E-state index in [1.54, 1.807) is 30.0 Å². The molecule has 5 heteroatoms. The molecule has 4 nitrogen and oxygen atoms in total. The number of carboxylic acids is 1. The largest absolute Gasteiger partial charge is 0.478 e. The molecule has 1 N–H and O–H groups in total. The second-order valence-electron chi connectivity index (χ2n) is 4.56. The van der Waals surface area contributed by atoms with Gasteiger partial charge in [-0.2, -0.15) is 12.6 Å². The first-order chi connectivity index (χ1) is 8.52. The van der Waals surface area contributed by atoms with Crippen LogP contribution in [0, 0.1) is 12.8 Å². The average molecular weight is 265 g/mol. The lowest BCUT2D eigenvalue weighted by molar-refractivity contribution is -0.117. The van der Waals surface area contributed by atoms with Crippen molar-refractivity contribution in [2.24, 2.45) is 5.92 Å². The lowest BCUT2D eigenvalue weighted by Crippen LogP contribution is -2.24. The summed E-state index contributed by atoms with van der Waals surface area (Å²) < 4.78 is 0. The van der Waals surface area contributed by atoms with Crippen LogP contribution in [-0.4, -0.2) is 29.3 Å². The van der Waals surface area contributed by atoms with Crippen molar-refractivity contribution in [3.05, 3.63) is 29.3 Å². The molecule has 2 rings (SSSR count). The van der Waals surface area contributed by atoms with Crippen LogP contribution < -0.4 is 4.90 Å². The van der Waals surface area contributed by atoms with Crippen LogP contribution in [0.15, 0.2) is 18.2 Å². The van der Waals surface area contributed by atoms with Gasteiger partial charge < -0.3 is 10.0 Å². The lowest BCUT2D eigenvalue weighted by Gasteiger charge is -2.17. The summed E-state index contributed by atoms with van der Waals surface area (Å²) in [5, 5.41) is 8.96. The molecule has 1 aromatic carbocycles. The van der Waals surface area contributed by atoms with E-state index >= 15 is 0 Å². The van der Waals surface area contributed by atoms with E-state index in [-0.39, 0.29) is 17.4 Å². The highest BCUT2D eigenvalue weighted by Gasteiger charge is 2.29. The Hall–Kier alpha value is -1.49. The van der Waals surface area contributed by atoms with Gasteiger partial charge in [-0.15, -0.1) is 0 Å². The number of amides is 1. The van der Waals surface area contributed by atoms with Crippen LogP contribution in [0.25, 0.3) is 0 Å². The fraction of sp³-hybridized carbons (Fsp3) is 0.385. The summed E-state index contributed by atoms with van der Waals surface area (Å²) in [5.41, 5.74) is 1.71. The zero-order valence-electron chi connectivity index (χ0n) is 10.1. The van der Waals surface area contributed by atoms with Gasteiger partial charge in [-0.1, -0.05) is 0 Å². The van der Waals surface area contributed by atoms with Crippen molar-refractivity contribution >= 4 is 30.2 Å². The first kappa shape index (κ1) is 13.0. The highest BCUT2D eigenvalue weighted by Crippen LogP contribution is 2.27. The van der Waals surface area contributed by atoms with Crippen LogP contribution in [-0.2, 0) is 4.79 Å². The Kier molecular flexibility index (Phi) is 3.61. The predicted molar refractivity (Wildman–Crippen MR) is 72.5 cm³/mol. The summed E-state index contributed by atoms with van der Waals surface area (Å²) in [5.74, 6) is 0.103. The van der Waals surface area contributed by atoms with E-state index in [0.29, 0.717) is 24.3 Å². The van der Waals surface area contributed by atoms with Crippen LogP contribution in [0.5, 0.6) is 0 Å². The van der Waals surface area contributed by atoms with Crippen LogP contribution in [0.3, 0.4) is 0 Å². The van der Waals surface area contributed by atoms with Crippen molar-refractivity contribution < 1.29 is 14.7 Å². The normalized spacial score (nSPS) is 19.3. The Morgan fingerprint density at radius 3 is 2.78 bits per heavy atom. The van der Waals surface area contributed by atoms with E-state index in [0.717, 1.165) is 5.69 Å². The van der Waals surface area contributed by atoms with Crippen LogP contribution in [0.1, 0.15) is 22.3 Å². The fourth-order valence-electron chi connectivity index (χ4n) is 2.21. The van der Waals surface area contributed by atoms with Crippen molar-refractivity contribution in [1.82, 2.24) is 0 Å². The number of benzene rings is 1. The third-order valence-corrected chi connectivity index (χ3v) is 3.73. The molecule has 1 unspecified atom stereocenters. The Bertz CT molecular complexity index is 501. The van der Waals surface area contributed by atoms with Gasteiger partial charge in [0.25, 0.3) is 0 Å². The van der Waals surface area contributed by atoms with E-state index < -0.39 is 5.97 Å². The molecule has 96 valence electrons. The zero-order valence-corrected chi connectivity index (χ0v) is 11.0. The number of aryl methyl sites for hydroxylation is 1. The molecule has 0 radical (unpaired) electrons. The highest BCUT2D eigenvalue weighted by molar-refractivity contribution is 7.80. The minimum atomic E-state index is -0.944. The summed E-state index contributed by atoms with van der Waals surface area (Å²) in [6.07, 6.45) is 0.517. The van der Waals surface area contributed by atoms with E-state index in [1.807, 2.05) is 0 Å². The van der Waals surface area contributed by atoms with Gasteiger partial charge in [0.05, 0.1) is 5.56 Å². The Balaban J connectivity index is 2.27. The van der Waals surface area contributed by atoms with Gasteiger partial charge in [0.1, 0.15) is 0 Å². The average Bonchev–Trinajstić information content (AvgIpc) is 2.70.